The minimum Gasteiger partial charge on any atom is -0.462 e. The first-order valence-electron chi connectivity index (χ1n) is 29.6. The van der Waals surface area contributed by atoms with E-state index < -0.39 is 32.5 Å². The Balaban J connectivity index is 4.03. The second-order valence-corrected chi connectivity index (χ2v) is 20.2. The summed E-state index contributed by atoms with van der Waals surface area (Å²) in [5.41, 5.74) is 5.37. The fraction of sp³-hybridized carbons (Fsp3) is 0.552. The van der Waals surface area contributed by atoms with Crippen LogP contribution in [-0.4, -0.2) is 49.3 Å². The number of hydrogen-bond acceptors (Lipinski definition) is 8. The maximum atomic E-state index is 12.7. The van der Waals surface area contributed by atoms with Crippen LogP contribution in [0.15, 0.2) is 170 Å². The normalized spacial score (nSPS) is 14.3. The molecular formula is C67H106NO8P. The van der Waals surface area contributed by atoms with Gasteiger partial charge in [-0.2, -0.15) is 0 Å². The van der Waals surface area contributed by atoms with E-state index in [0.29, 0.717) is 12.8 Å². The van der Waals surface area contributed by atoms with E-state index in [2.05, 4.69) is 184 Å². The van der Waals surface area contributed by atoms with E-state index in [1.807, 2.05) is 0 Å². The molecule has 0 aromatic carbocycles. The molecule has 2 unspecified atom stereocenters. The number of phosphoric acid groups is 1. The second kappa shape index (κ2) is 60.6. The van der Waals surface area contributed by atoms with Gasteiger partial charge in [0.25, 0.3) is 0 Å². The van der Waals surface area contributed by atoms with Crippen LogP contribution in [0.4, 0.5) is 0 Å². The average Bonchev–Trinajstić information content (AvgIpc) is 3.42. The molecular weight excluding hydrogens is 978 g/mol. The molecule has 0 aliphatic rings. The fourth-order valence-electron chi connectivity index (χ4n) is 7.30. The van der Waals surface area contributed by atoms with Crippen molar-refractivity contribution in [1.29, 1.82) is 0 Å². The van der Waals surface area contributed by atoms with Crippen LogP contribution in [0.1, 0.15) is 206 Å². The number of carbonyl (C=O) groups excluding carboxylic acids is 2. The Morgan fingerprint density at radius 1 is 0.390 bits per heavy atom. The number of hydrogen-bond donors (Lipinski definition) is 2. The van der Waals surface area contributed by atoms with Crippen molar-refractivity contribution in [2.24, 2.45) is 5.73 Å². The SMILES string of the molecule is CC/C=C\C/C=C\C/C=C\C/C=C\C/C=C\C/C=C\C/C=C\C/C=C\C/C=C\C/C=C\C/C=C\CCCCCCCCCC(=O)OC(COC(=O)CCCCCCC/C=C\C/C=C\C/C=C\CC)COP(=O)(O)OCCN. The summed E-state index contributed by atoms with van der Waals surface area (Å²) in [5, 5.41) is 0. The van der Waals surface area contributed by atoms with Gasteiger partial charge in [-0.3, -0.25) is 18.6 Å². The molecule has 0 fully saturated rings. The quantitative estimate of drug-likeness (QED) is 0.0264. The van der Waals surface area contributed by atoms with Crippen molar-refractivity contribution in [2.45, 2.75) is 213 Å². The van der Waals surface area contributed by atoms with Gasteiger partial charge in [0.2, 0.25) is 0 Å². The summed E-state index contributed by atoms with van der Waals surface area (Å²) in [6.45, 7) is 3.45. The van der Waals surface area contributed by atoms with Gasteiger partial charge in [0.1, 0.15) is 6.61 Å². The number of unbranched alkanes of at least 4 members (excludes halogenated alkanes) is 12. The predicted molar refractivity (Wildman–Crippen MR) is 329 cm³/mol. The highest BCUT2D eigenvalue weighted by atomic mass is 31.2. The summed E-state index contributed by atoms with van der Waals surface area (Å²) in [4.78, 5) is 35.1. The number of phosphoric ester groups is 1. The number of allylic oxidation sites excluding steroid dienone is 28. The number of ether oxygens (including phenoxy) is 2. The van der Waals surface area contributed by atoms with Gasteiger partial charge in [-0.05, 0) is 128 Å². The maximum Gasteiger partial charge on any atom is 0.472 e. The monoisotopic (exact) mass is 1080 g/mol. The molecule has 0 amide bonds. The van der Waals surface area contributed by atoms with Crippen molar-refractivity contribution in [2.75, 3.05) is 26.4 Å². The van der Waals surface area contributed by atoms with E-state index in [1.165, 1.54) is 12.8 Å². The Labute approximate surface area is 470 Å². The molecule has 0 bridgehead atoms. The van der Waals surface area contributed by atoms with Crippen LogP contribution in [-0.2, 0) is 32.7 Å². The number of nitrogens with two attached hydrogens (primary N) is 1. The lowest BCUT2D eigenvalue weighted by Gasteiger charge is -2.19. The molecule has 0 aromatic rings. The molecule has 10 heteroatoms. The molecule has 432 valence electrons. The number of esters is 2. The lowest BCUT2D eigenvalue weighted by atomic mass is 10.1. The topological polar surface area (TPSA) is 134 Å². The van der Waals surface area contributed by atoms with E-state index in [0.717, 1.165) is 154 Å². The Kier molecular flexibility index (Phi) is 57.0. The third-order valence-corrected chi connectivity index (χ3v) is 12.6. The molecule has 9 nitrogen and oxygen atoms in total. The highest BCUT2D eigenvalue weighted by Gasteiger charge is 2.26. The Morgan fingerprint density at radius 3 is 1.00 bits per heavy atom. The zero-order valence-corrected chi connectivity index (χ0v) is 49.0. The molecule has 0 spiro atoms. The van der Waals surface area contributed by atoms with Crippen molar-refractivity contribution in [3.8, 4) is 0 Å². The number of carbonyl (C=O) groups is 2. The molecule has 3 N–H and O–H groups in total. The average molecular weight is 1080 g/mol. The van der Waals surface area contributed by atoms with Crippen LogP contribution in [0.5, 0.6) is 0 Å². The molecule has 77 heavy (non-hydrogen) atoms. The lowest BCUT2D eigenvalue weighted by molar-refractivity contribution is -0.161. The first-order chi connectivity index (χ1) is 37.8. The molecule has 0 saturated carbocycles. The van der Waals surface area contributed by atoms with Crippen LogP contribution in [0.3, 0.4) is 0 Å². The molecule has 0 rings (SSSR count). The lowest BCUT2D eigenvalue weighted by Crippen LogP contribution is -2.29. The van der Waals surface area contributed by atoms with Gasteiger partial charge < -0.3 is 20.1 Å². The predicted octanol–water partition coefficient (Wildman–Crippen LogP) is 19.1. The molecule has 0 heterocycles. The highest BCUT2D eigenvalue weighted by molar-refractivity contribution is 7.47. The maximum absolute atomic E-state index is 12.7. The van der Waals surface area contributed by atoms with Crippen LogP contribution >= 0.6 is 7.82 Å². The first kappa shape index (κ1) is 72.4. The zero-order chi connectivity index (χ0) is 55.9. The van der Waals surface area contributed by atoms with Gasteiger partial charge in [0, 0.05) is 19.4 Å². The standard InChI is InChI=1S/C67H106NO8P/c1-3-5-7-9-11-13-15-17-19-20-21-22-23-24-25-26-27-28-29-30-31-32-33-34-35-36-37-38-39-40-41-42-43-44-46-48-50-52-54-56-58-60-67(70)76-65(64-75-77(71,72)74-62-61-68)63-73-66(69)59-57-55-53-51-49-47-45-18-16-14-12-10-8-6-4-2/h5-8,11-14,17-19,21-22,24-25,27-28,30-31,33-34,36-37,39-40,42-43,45,65H,3-4,9-10,15-16,20,23,26,29,32,35,38,41,44,46-64,68H2,1-2H3,(H,71,72)/b7-5-,8-6-,13-11-,14-12-,19-17-,22-21-,25-24-,28-27-,31-30-,34-33-,37-36-,40-39-,43-42-,45-18-. The van der Waals surface area contributed by atoms with Gasteiger partial charge in [0.05, 0.1) is 13.2 Å². The summed E-state index contributed by atoms with van der Waals surface area (Å²) in [7, 11) is -4.40. The van der Waals surface area contributed by atoms with Crippen molar-refractivity contribution in [3.63, 3.8) is 0 Å². The Hall–Kier alpha value is -4.63. The zero-order valence-electron chi connectivity index (χ0n) is 48.1. The van der Waals surface area contributed by atoms with Crippen molar-refractivity contribution in [1.82, 2.24) is 0 Å². The minimum atomic E-state index is -4.40. The van der Waals surface area contributed by atoms with Crippen LogP contribution < -0.4 is 5.73 Å². The largest absolute Gasteiger partial charge is 0.472 e. The fourth-order valence-corrected chi connectivity index (χ4v) is 8.07. The van der Waals surface area contributed by atoms with Gasteiger partial charge in [0.15, 0.2) is 6.10 Å². The molecule has 0 aromatic heterocycles. The summed E-state index contributed by atoms with van der Waals surface area (Å²) >= 11 is 0. The second-order valence-electron chi connectivity index (χ2n) is 18.7. The third-order valence-electron chi connectivity index (χ3n) is 11.6. The smallest absolute Gasteiger partial charge is 0.462 e. The Bertz CT molecular complexity index is 1860. The van der Waals surface area contributed by atoms with Crippen LogP contribution in [0.25, 0.3) is 0 Å². The van der Waals surface area contributed by atoms with Crippen LogP contribution in [0.2, 0.25) is 0 Å². The van der Waals surface area contributed by atoms with Crippen molar-refractivity contribution in [3.05, 3.63) is 170 Å². The summed E-state index contributed by atoms with van der Waals surface area (Å²) in [6.07, 6.45) is 89.9. The Morgan fingerprint density at radius 2 is 0.675 bits per heavy atom. The first-order valence-corrected chi connectivity index (χ1v) is 31.1. The van der Waals surface area contributed by atoms with Crippen molar-refractivity contribution < 1.29 is 37.6 Å². The summed E-state index contributed by atoms with van der Waals surface area (Å²) in [6, 6.07) is 0. The molecule has 0 radical (unpaired) electrons. The van der Waals surface area contributed by atoms with Gasteiger partial charge in [-0.25, -0.2) is 4.57 Å². The van der Waals surface area contributed by atoms with E-state index in [1.54, 1.807) is 0 Å². The van der Waals surface area contributed by atoms with Crippen LogP contribution in [0, 0.1) is 0 Å². The van der Waals surface area contributed by atoms with E-state index >= 15 is 0 Å². The van der Waals surface area contributed by atoms with Gasteiger partial charge in [-0.15, -0.1) is 0 Å². The minimum absolute atomic E-state index is 0.0399. The number of rotatable bonds is 53. The van der Waals surface area contributed by atoms with Gasteiger partial charge >= 0.3 is 19.8 Å². The summed E-state index contributed by atoms with van der Waals surface area (Å²) < 4.78 is 32.9. The molecule has 0 saturated heterocycles. The molecule has 2 atom stereocenters. The van der Waals surface area contributed by atoms with Gasteiger partial charge in [-0.1, -0.05) is 235 Å². The third kappa shape index (κ3) is 60.5. The summed E-state index contributed by atoms with van der Waals surface area (Å²) in [5.74, 6) is -0.875. The van der Waals surface area contributed by atoms with E-state index in [-0.39, 0.29) is 32.6 Å². The highest BCUT2D eigenvalue weighted by Crippen LogP contribution is 2.43. The van der Waals surface area contributed by atoms with E-state index in [9.17, 15) is 19.0 Å². The van der Waals surface area contributed by atoms with E-state index in [4.69, 9.17) is 24.3 Å². The van der Waals surface area contributed by atoms with Crippen molar-refractivity contribution >= 4 is 19.8 Å². The molecule has 0 aliphatic heterocycles. The molecule has 0 aliphatic carbocycles.